The van der Waals surface area contributed by atoms with Crippen LogP contribution in [0.4, 0.5) is 5.69 Å². The molecule has 19 heavy (non-hydrogen) atoms. The molecule has 0 unspecified atom stereocenters. The van der Waals surface area contributed by atoms with Crippen molar-refractivity contribution in [1.29, 1.82) is 0 Å². The molecule has 0 aliphatic carbocycles. The molecule has 0 aliphatic heterocycles. The van der Waals surface area contributed by atoms with E-state index < -0.39 is 0 Å². The van der Waals surface area contributed by atoms with Crippen molar-refractivity contribution in [3.63, 3.8) is 0 Å². The van der Waals surface area contributed by atoms with Gasteiger partial charge in [-0.2, -0.15) is 0 Å². The summed E-state index contributed by atoms with van der Waals surface area (Å²) < 4.78 is 11.4. The van der Waals surface area contributed by atoms with Crippen LogP contribution >= 0.6 is 15.9 Å². The quantitative estimate of drug-likeness (QED) is 0.795. The van der Waals surface area contributed by atoms with Crippen LogP contribution in [0.5, 0.6) is 0 Å². The van der Waals surface area contributed by atoms with Crippen LogP contribution in [0, 0.1) is 0 Å². The van der Waals surface area contributed by atoms with Gasteiger partial charge in [0.2, 0.25) is 0 Å². The summed E-state index contributed by atoms with van der Waals surface area (Å²) in [4.78, 5) is 2.24. The molecule has 0 saturated heterocycles. The first-order valence-electron chi connectivity index (χ1n) is 6.38. The second kappa shape index (κ2) is 8.53. The maximum Gasteiger partial charge on any atom is 0.0637 e. The molecule has 0 aliphatic rings. The number of methoxy groups -OCH3 is 2. The van der Waals surface area contributed by atoms with Gasteiger partial charge in [0.15, 0.2) is 0 Å². The van der Waals surface area contributed by atoms with Crippen molar-refractivity contribution in [2.75, 3.05) is 45.4 Å². The summed E-state index contributed by atoms with van der Waals surface area (Å²) in [5, 5.41) is 0. The Balaban J connectivity index is 2.87. The number of benzene rings is 1. The summed E-state index contributed by atoms with van der Waals surface area (Å²) in [5.74, 6) is 0. The summed E-state index contributed by atoms with van der Waals surface area (Å²) in [6.07, 6.45) is 0. The minimum absolute atomic E-state index is 0.0387. The molecule has 0 heterocycles. The average molecular weight is 331 g/mol. The van der Waals surface area contributed by atoms with Crippen molar-refractivity contribution >= 4 is 21.6 Å². The third-order valence-corrected chi connectivity index (χ3v) is 3.60. The molecule has 0 saturated carbocycles. The molecule has 5 heteroatoms. The summed E-state index contributed by atoms with van der Waals surface area (Å²) >= 11 is 3.62. The Hall–Kier alpha value is -0.620. The highest BCUT2D eigenvalue weighted by Gasteiger charge is 2.11. The standard InChI is InChI=1S/C14H23BrN2O2/c1-11(16)12-4-5-14(13(15)10-12)17(6-8-18-2)7-9-19-3/h4-5,10-11H,6-9,16H2,1-3H3/t11-/m0/s1. The lowest BCUT2D eigenvalue weighted by atomic mass is 10.1. The lowest BCUT2D eigenvalue weighted by molar-refractivity contribution is 0.190. The zero-order valence-corrected chi connectivity index (χ0v) is 13.4. The lowest BCUT2D eigenvalue weighted by Crippen LogP contribution is -2.31. The fraction of sp³-hybridized carbons (Fsp3) is 0.571. The number of halogens is 1. The smallest absolute Gasteiger partial charge is 0.0637 e. The monoisotopic (exact) mass is 330 g/mol. The van der Waals surface area contributed by atoms with Crippen LogP contribution in [0.15, 0.2) is 22.7 Å². The Morgan fingerprint density at radius 1 is 1.21 bits per heavy atom. The Kier molecular flexibility index (Phi) is 7.38. The number of nitrogens with zero attached hydrogens (tertiary/aromatic N) is 1. The van der Waals surface area contributed by atoms with Crippen LogP contribution in [0.1, 0.15) is 18.5 Å². The number of rotatable bonds is 8. The van der Waals surface area contributed by atoms with Crippen LogP contribution in [0.3, 0.4) is 0 Å². The van der Waals surface area contributed by atoms with E-state index in [9.17, 15) is 0 Å². The molecule has 0 amide bonds. The first kappa shape index (κ1) is 16.4. The zero-order chi connectivity index (χ0) is 14.3. The van der Waals surface area contributed by atoms with Crippen molar-refractivity contribution in [2.24, 2.45) is 5.73 Å². The molecule has 1 atom stereocenters. The minimum Gasteiger partial charge on any atom is -0.383 e. The first-order valence-corrected chi connectivity index (χ1v) is 7.17. The van der Waals surface area contributed by atoms with Crippen molar-refractivity contribution in [1.82, 2.24) is 0 Å². The van der Waals surface area contributed by atoms with Crippen molar-refractivity contribution < 1.29 is 9.47 Å². The Morgan fingerprint density at radius 2 is 1.79 bits per heavy atom. The summed E-state index contributed by atoms with van der Waals surface area (Å²) in [6.45, 7) is 5.01. The van der Waals surface area contributed by atoms with Gasteiger partial charge in [-0.1, -0.05) is 6.07 Å². The fourth-order valence-corrected chi connectivity index (χ4v) is 2.47. The van der Waals surface area contributed by atoms with Gasteiger partial charge in [0.25, 0.3) is 0 Å². The van der Waals surface area contributed by atoms with Crippen LogP contribution in [0.2, 0.25) is 0 Å². The van der Waals surface area contributed by atoms with Crippen LogP contribution in [-0.4, -0.2) is 40.5 Å². The van der Waals surface area contributed by atoms with E-state index in [0.717, 1.165) is 28.8 Å². The van der Waals surface area contributed by atoms with E-state index in [-0.39, 0.29) is 6.04 Å². The number of nitrogens with two attached hydrogens (primary N) is 1. The molecule has 2 N–H and O–H groups in total. The predicted molar refractivity (Wildman–Crippen MR) is 82.7 cm³/mol. The first-order chi connectivity index (χ1) is 9.10. The molecule has 1 aromatic carbocycles. The van der Waals surface area contributed by atoms with E-state index in [0.29, 0.717) is 13.2 Å². The van der Waals surface area contributed by atoms with Crippen molar-refractivity contribution in [3.8, 4) is 0 Å². The molecular formula is C14H23BrN2O2. The number of anilines is 1. The van der Waals surface area contributed by atoms with Crippen molar-refractivity contribution in [3.05, 3.63) is 28.2 Å². The van der Waals surface area contributed by atoms with Gasteiger partial charge >= 0.3 is 0 Å². The second-order valence-electron chi connectivity index (χ2n) is 4.47. The van der Waals surface area contributed by atoms with E-state index >= 15 is 0 Å². The van der Waals surface area contributed by atoms with Gasteiger partial charge in [0.05, 0.1) is 18.9 Å². The summed E-state index contributed by atoms with van der Waals surface area (Å²) in [6, 6.07) is 6.27. The van der Waals surface area contributed by atoms with Gasteiger partial charge in [-0.05, 0) is 40.5 Å². The highest BCUT2D eigenvalue weighted by Crippen LogP contribution is 2.28. The van der Waals surface area contributed by atoms with Crippen molar-refractivity contribution in [2.45, 2.75) is 13.0 Å². The highest BCUT2D eigenvalue weighted by atomic mass is 79.9. The number of hydrogen-bond donors (Lipinski definition) is 1. The van der Waals surface area contributed by atoms with Gasteiger partial charge in [0.1, 0.15) is 0 Å². The molecule has 0 spiro atoms. The average Bonchev–Trinajstić information content (AvgIpc) is 2.39. The van der Waals surface area contributed by atoms with Gasteiger partial charge in [0, 0.05) is 37.8 Å². The van der Waals surface area contributed by atoms with E-state index in [4.69, 9.17) is 15.2 Å². The molecular weight excluding hydrogens is 308 g/mol. The SMILES string of the molecule is COCCN(CCOC)c1ccc([C@H](C)N)cc1Br. The van der Waals surface area contributed by atoms with Crippen LogP contribution < -0.4 is 10.6 Å². The predicted octanol–water partition coefficient (Wildman–Crippen LogP) is 2.57. The number of ether oxygens (including phenoxy) is 2. The summed E-state index contributed by atoms with van der Waals surface area (Å²) in [7, 11) is 3.42. The molecule has 0 radical (unpaired) electrons. The minimum atomic E-state index is 0.0387. The van der Waals surface area contributed by atoms with Crippen LogP contribution in [-0.2, 0) is 9.47 Å². The van der Waals surface area contributed by atoms with Gasteiger partial charge in [-0.15, -0.1) is 0 Å². The zero-order valence-electron chi connectivity index (χ0n) is 11.9. The molecule has 0 aromatic heterocycles. The summed E-state index contributed by atoms with van der Waals surface area (Å²) in [5.41, 5.74) is 8.15. The van der Waals surface area contributed by atoms with E-state index in [2.05, 4.69) is 39.0 Å². The van der Waals surface area contributed by atoms with E-state index in [1.54, 1.807) is 14.2 Å². The van der Waals surface area contributed by atoms with Gasteiger partial charge < -0.3 is 20.1 Å². The van der Waals surface area contributed by atoms with Gasteiger partial charge in [-0.25, -0.2) is 0 Å². The Bertz CT molecular complexity index is 378. The largest absolute Gasteiger partial charge is 0.383 e. The maximum absolute atomic E-state index is 5.89. The molecule has 0 bridgehead atoms. The molecule has 0 fully saturated rings. The topological polar surface area (TPSA) is 47.7 Å². The third-order valence-electron chi connectivity index (χ3n) is 2.97. The van der Waals surface area contributed by atoms with E-state index in [1.165, 1.54) is 0 Å². The third kappa shape index (κ3) is 5.10. The lowest BCUT2D eigenvalue weighted by Gasteiger charge is -2.26. The highest BCUT2D eigenvalue weighted by molar-refractivity contribution is 9.10. The maximum atomic E-state index is 5.89. The van der Waals surface area contributed by atoms with Crippen LogP contribution in [0.25, 0.3) is 0 Å². The Labute approximate surface area is 124 Å². The number of hydrogen-bond acceptors (Lipinski definition) is 4. The molecule has 4 nitrogen and oxygen atoms in total. The molecule has 1 rings (SSSR count). The molecule has 1 aromatic rings. The normalized spacial score (nSPS) is 12.5. The van der Waals surface area contributed by atoms with E-state index in [1.807, 2.05) is 6.92 Å². The second-order valence-corrected chi connectivity index (χ2v) is 5.33. The molecule has 108 valence electrons. The fourth-order valence-electron chi connectivity index (χ4n) is 1.82. The van der Waals surface area contributed by atoms with Gasteiger partial charge in [-0.3, -0.25) is 0 Å². The Morgan fingerprint density at radius 3 is 2.21 bits per heavy atom.